The summed E-state index contributed by atoms with van der Waals surface area (Å²) in [6.07, 6.45) is 8.06. The van der Waals surface area contributed by atoms with Crippen molar-refractivity contribution in [1.29, 1.82) is 0 Å². The van der Waals surface area contributed by atoms with Crippen LogP contribution in [0.15, 0.2) is 12.4 Å². The zero-order chi connectivity index (χ0) is 16.8. The third kappa shape index (κ3) is 5.58. The molecule has 1 fully saturated rings. The molecule has 1 aromatic heterocycles. The van der Waals surface area contributed by atoms with Crippen LogP contribution in [0.1, 0.15) is 46.0 Å². The third-order valence-corrected chi connectivity index (χ3v) is 4.42. The van der Waals surface area contributed by atoms with Gasteiger partial charge in [-0.05, 0) is 31.7 Å². The van der Waals surface area contributed by atoms with Gasteiger partial charge in [0.05, 0.1) is 17.6 Å². The number of rotatable bonds is 7. The molecule has 1 aliphatic heterocycles. The molecule has 0 bridgehead atoms. The van der Waals surface area contributed by atoms with E-state index in [0.717, 1.165) is 13.0 Å². The SMILES string of the molecule is CC(C)CC1CCCCCN1CC(O)Cn1cc([N+](=O)[O-])cn1. The summed E-state index contributed by atoms with van der Waals surface area (Å²) in [4.78, 5) is 12.6. The highest BCUT2D eigenvalue weighted by atomic mass is 16.6. The lowest BCUT2D eigenvalue weighted by Crippen LogP contribution is -2.42. The Labute approximate surface area is 137 Å². The van der Waals surface area contributed by atoms with Gasteiger partial charge in [0.15, 0.2) is 0 Å². The van der Waals surface area contributed by atoms with Gasteiger partial charge in [0.25, 0.3) is 0 Å². The zero-order valence-electron chi connectivity index (χ0n) is 14.1. The molecule has 1 saturated heterocycles. The van der Waals surface area contributed by atoms with Crippen molar-refractivity contribution in [2.45, 2.75) is 64.6 Å². The van der Waals surface area contributed by atoms with Gasteiger partial charge in [0.1, 0.15) is 12.4 Å². The van der Waals surface area contributed by atoms with Crippen LogP contribution in [0.25, 0.3) is 0 Å². The van der Waals surface area contributed by atoms with Crippen LogP contribution in [0.5, 0.6) is 0 Å². The maximum atomic E-state index is 10.7. The number of hydrogen-bond acceptors (Lipinski definition) is 5. The van der Waals surface area contributed by atoms with E-state index in [0.29, 0.717) is 25.0 Å². The zero-order valence-corrected chi connectivity index (χ0v) is 14.1. The predicted octanol–water partition coefficient (Wildman–Crippen LogP) is 2.44. The molecule has 130 valence electrons. The van der Waals surface area contributed by atoms with Crippen molar-refractivity contribution in [3.63, 3.8) is 0 Å². The summed E-state index contributed by atoms with van der Waals surface area (Å²) in [7, 11) is 0. The molecule has 2 unspecified atom stereocenters. The van der Waals surface area contributed by atoms with Crippen LogP contribution in [0.4, 0.5) is 5.69 Å². The second-order valence-electron chi connectivity index (χ2n) is 6.96. The Kier molecular flexibility index (Phi) is 6.53. The normalized spacial score (nSPS) is 21.3. The van der Waals surface area contributed by atoms with Gasteiger partial charge >= 0.3 is 5.69 Å². The van der Waals surface area contributed by atoms with Crippen LogP contribution in [-0.2, 0) is 6.54 Å². The number of likely N-dealkylation sites (tertiary alicyclic amines) is 1. The minimum absolute atomic E-state index is 0.0374. The topological polar surface area (TPSA) is 84.4 Å². The maximum Gasteiger partial charge on any atom is 0.306 e. The maximum absolute atomic E-state index is 10.7. The molecule has 2 atom stereocenters. The summed E-state index contributed by atoms with van der Waals surface area (Å²) >= 11 is 0. The van der Waals surface area contributed by atoms with Gasteiger partial charge in [0, 0.05) is 12.6 Å². The second kappa shape index (κ2) is 8.40. The van der Waals surface area contributed by atoms with E-state index in [9.17, 15) is 15.2 Å². The van der Waals surface area contributed by atoms with E-state index in [4.69, 9.17) is 0 Å². The van der Waals surface area contributed by atoms with E-state index in [2.05, 4.69) is 23.8 Å². The number of nitrogens with zero attached hydrogens (tertiary/aromatic N) is 4. The molecule has 0 saturated carbocycles. The van der Waals surface area contributed by atoms with E-state index in [1.165, 1.54) is 42.8 Å². The highest BCUT2D eigenvalue weighted by molar-refractivity contribution is 5.20. The van der Waals surface area contributed by atoms with Crippen LogP contribution >= 0.6 is 0 Å². The number of nitro groups is 1. The van der Waals surface area contributed by atoms with Gasteiger partial charge in [-0.25, -0.2) is 0 Å². The average Bonchev–Trinajstić information content (AvgIpc) is 2.83. The first-order chi connectivity index (χ1) is 11.0. The molecule has 0 aromatic carbocycles. The van der Waals surface area contributed by atoms with E-state index >= 15 is 0 Å². The molecule has 2 heterocycles. The fraction of sp³-hybridized carbons (Fsp3) is 0.812. The molecule has 7 heteroatoms. The van der Waals surface area contributed by atoms with E-state index in [-0.39, 0.29) is 5.69 Å². The first kappa shape index (κ1) is 17.9. The van der Waals surface area contributed by atoms with Crippen LogP contribution in [0.3, 0.4) is 0 Å². The van der Waals surface area contributed by atoms with Crippen molar-refractivity contribution in [2.75, 3.05) is 13.1 Å². The summed E-state index contributed by atoms with van der Waals surface area (Å²) < 4.78 is 1.46. The Morgan fingerprint density at radius 1 is 1.39 bits per heavy atom. The molecule has 0 amide bonds. The lowest BCUT2D eigenvalue weighted by atomic mass is 9.98. The van der Waals surface area contributed by atoms with Crippen molar-refractivity contribution in [3.8, 4) is 0 Å². The van der Waals surface area contributed by atoms with Crippen molar-refractivity contribution < 1.29 is 10.0 Å². The van der Waals surface area contributed by atoms with Crippen molar-refractivity contribution in [2.24, 2.45) is 5.92 Å². The van der Waals surface area contributed by atoms with Gasteiger partial charge in [-0.1, -0.05) is 26.7 Å². The number of β-amino-alcohol motifs (C(OH)–C–C–N with tert-alkyl or cyclic N) is 1. The number of aromatic nitrogens is 2. The summed E-state index contributed by atoms with van der Waals surface area (Å²) in [6, 6.07) is 0.527. The van der Waals surface area contributed by atoms with E-state index in [1.807, 2.05) is 0 Å². The Morgan fingerprint density at radius 2 is 2.17 bits per heavy atom. The molecule has 1 aliphatic rings. The molecule has 0 radical (unpaired) electrons. The van der Waals surface area contributed by atoms with E-state index < -0.39 is 11.0 Å². The number of aliphatic hydroxyl groups excluding tert-OH is 1. The van der Waals surface area contributed by atoms with Gasteiger partial charge < -0.3 is 5.11 Å². The minimum atomic E-state index is -0.567. The van der Waals surface area contributed by atoms with Crippen molar-refractivity contribution >= 4 is 5.69 Å². The molecule has 1 aromatic rings. The summed E-state index contributed by atoms with van der Waals surface area (Å²) in [6.45, 7) is 6.39. The van der Waals surface area contributed by atoms with E-state index in [1.54, 1.807) is 0 Å². The Hall–Kier alpha value is -1.47. The van der Waals surface area contributed by atoms with Gasteiger partial charge in [-0.3, -0.25) is 19.7 Å². The molecule has 7 nitrogen and oxygen atoms in total. The van der Waals surface area contributed by atoms with Crippen LogP contribution in [-0.4, -0.2) is 49.9 Å². The molecule has 2 rings (SSSR count). The highest BCUT2D eigenvalue weighted by Gasteiger charge is 2.24. The summed E-state index contributed by atoms with van der Waals surface area (Å²) in [5.74, 6) is 0.645. The highest BCUT2D eigenvalue weighted by Crippen LogP contribution is 2.22. The quantitative estimate of drug-likeness (QED) is 0.615. The average molecular weight is 324 g/mol. The van der Waals surface area contributed by atoms with Gasteiger partial charge in [0.2, 0.25) is 0 Å². The standard InChI is InChI=1S/C16H28N4O3/c1-13(2)8-14-6-4-3-5-7-18(14)11-16(21)12-19-10-15(9-17-19)20(22)23/h9-10,13-14,16,21H,3-8,11-12H2,1-2H3. The molecular formula is C16H28N4O3. The largest absolute Gasteiger partial charge is 0.390 e. The lowest BCUT2D eigenvalue weighted by Gasteiger charge is -2.32. The molecule has 1 N–H and O–H groups in total. The third-order valence-electron chi connectivity index (χ3n) is 4.42. The molecule has 0 aliphatic carbocycles. The number of hydrogen-bond donors (Lipinski definition) is 1. The lowest BCUT2D eigenvalue weighted by molar-refractivity contribution is -0.385. The summed E-state index contributed by atoms with van der Waals surface area (Å²) in [5, 5.41) is 25.0. The van der Waals surface area contributed by atoms with Crippen molar-refractivity contribution in [1.82, 2.24) is 14.7 Å². The fourth-order valence-corrected chi connectivity index (χ4v) is 3.38. The summed E-state index contributed by atoms with van der Waals surface area (Å²) in [5.41, 5.74) is -0.0374. The fourth-order valence-electron chi connectivity index (χ4n) is 3.38. The smallest absolute Gasteiger partial charge is 0.306 e. The van der Waals surface area contributed by atoms with Crippen LogP contribution < -0.4 is 0 Å². The van der Waals surface area contributed by atoms with Gasteiger partial charge in [-0.15, -0.1) is 0 Å². The molecule has 23 heavy (non-hydrogen) atoms. The second-order valence-corrected chi connectivity index (χ2v) is 6.96. The minimum Gasteiger partial charge on any atom is -0.390 e. The first-order valence-electron chi connectivity index (χ1n) is 8.54. The molecular weight excluding hydrogens is 296 g/mol. The Morgan fingerprint density at radius 3 is 2.83 bits per heavy atom. The predicted molar refractivity (Wildman–Crippen MR) is 88.2 cm³/mol. The van der Waals surface area contributed by atoms with Crippen molar-refractivity contribution in [3.05, 3.63) is 22.5 Å². The Balaban J connectivity index is 1.92. The van der Waals surface area contributed by atoms with Crippen LogP contribution in [0, 0.1) is 16.0 Å². The Bertz CT molecular complexity index is 503. The van der Waals surface area contributed by atoms with Crippen LogP contribution in [0.2, 0.25) is 0 Å². The van der Waals surface area contributed by atoms with Gasteiger partial charge in [-0.2, -0.15) is 5.10 Å². The monoisotopic (exact) mass is 324 g/mol. The first-order valence-corrected chi connectivity index (χ1v) is 8.54. The number of aliphatic hydroxyl groups is 1. The molecule has 0 spiro atoms.